The summed E-state index contributed by atoms with van der Waals surface area (Å²) in [6.45, 7) is 0.389. The van der Waals surface area contributed by atoms with Gasteiger partial charge in [0.15, 0.2) is 5.96 Å². The van der Waals surface area contributed by atoms with Gasteiger partial charge in [0.1, 0.15) is 25.2 Å². The first kappa shape index (κ1) is 26.4. The summed E-state index contributed by atoms with van der Waals surface area (Å²) in [7, 11) is 1.44. The topological polar surface area (TPSA) is 181 Å². The number of aliphatic carboxylic acids is 1. The molecule has 1 saturated heterocycles. The average Bonchev–Trinajstić information content (AvgIpc) is 3.30. The molecule has 3 amide bonds. The summed E-state index contributed by atoms with van der Waals surface area (Å²) in [5.74, 6) is -2.24. The zero-order chi connectivity index (χ0) is 25.1. The number of likely N-dealkylation sites (tertiary alicyclic amines) is 1. The molecular formula is C22H32N6O6. The number of nitrogens with two attached hydrogens (primary N) is 2. The summed E-state index contributed by atoms with van der Waals surface area (Å²) in [6, 6.07) is 7.20. The van der Waals surface area contributed by atoms with E-state index in [1.54, 1.807) is 0 Å². The molecular weight excluding hydrogens is 444 g/mol. The van der Waals surface area contributed by atoms with Crippen LogP contribution in [0.1, 0.15) is 31.2 Å². The molecule has 0 bridgehead atoms. The minimum atomic E-state index is -1.19. The fourth-order valence-corrected chi connectivity index (χ4v) is 3.55. The number of carboxylic acid groups (broad SMARTS) is 1. The van der Waals surface area contributed by atoms with Gasteiger partial charge in [-0.2, -0.15) is 0 Å². The smallest absolute Gasteiger partial charge is 0.410 e. The Morgan fingerprint density at radius 2 is 1.97 bits per heavy atom. The van der Waals surface area contributed by atoms with Crippen molar-refractivity contribution in [3.63, 3.8) is 0 Å². The Morgan fingerprint density at radius 3 is 2.62 bits per heavy atom. The van der Waals surface area contributed by atoms with Crippen molar-refractivity contribution >= 4 is 29.8 Å². The number of aliphatic imine (C=N–C) groups is 1. The van der Waals surface area contributed by atoms with Crippen LogP contribution in [-0.2, 0) is 25.7 Å². The van der Waals surface area contributed by atoms with Crippen LogP contribution in [0.4, 0.5) is 4.79 Å². The number of ether oxygens (including phenoxy) is 1. The maximum Gasteiger partial charge on any atom is 0.410 e. The van der Waals surface area contributed by atoms with E-state index in [1.807, 2.05) is 30.3 Å². The monoisotopic (exact) mass is 476 g/mol. The summed E-state index contributed by atoms with van der Waals surface area (Å²) in [6.07, 6.45) is 0.824. The molecule has 0 aromatic heterocycles. The first-order valence-corrected chi connectivity index (χ1v) is 11.0. The van der Waals surface area contributed by atoms with Gasteiger partial charge in [0, 0.05) is 20.1 Å². The zero-order valence-electron chi connectivity index (χ0n) is 19.2. The molecule has 1 heterocycles. The second-order valence-corrected chi connectivity index (χ2v) is 7.99. The third-order valence-corrected chi connectivity index (χ3v) is 5.32. The van der Waals surface area contributed by atoms with E-state index in [1.165, 1.54) is 11.9 Å². The number of carbonyl (C=O) groups is 4. The minimum Gasteiger partial charge on any atom is -0.480 e. The van der Waals surface area contributed by atoms with Crippen molar-refractivity contribution in [3.05, 3.63) is 35.9 Å². The molecule has 0 saturated carbocycles. The van der Waals surface area contributed by atoms with Gasteiger partial charge in [0.05, 0.1) is 0 Å². The van der Waals surface area contributed by atoms with Crippen LogP contribution in [0.5, 0.6) is 0 Å². The number of likely N-dealkylation sites (N-methyl/N-ethyl adjacent to an activating group) is 1. The molecule has 12 heteroatoms. The van der Waals surface area contributed by atoms with E-state index in [0.717, 1.165) is 10.5 Å². The normalized spacial score (nSPS) is 15.8. The molecule has 34 heavy (non-hydrogen) atoms. The molecule has 6 N–H and O–H groups in total. The van der Waals surface area contributed by atoms with Crippen molar-refractivity contribution in [2.45, 2.75) is 44.4 Å². The summed E-state index contributed by atoms with van der Waals surface area (Å²) in [5, 5.41) is 11.9. The van der Waals surface area contributed by atoms with E-state index in [4.69, 9.17) is 16.2 Å². The molecule has 2 unspecified atom stereocenters. The van der Waals surface area contributed by atoms with E-state index in [9.17, 15) is 24.3 Å². The van der Waals surface area contributed by atoms with Crippen LogP contribution in [0.15, 0.2) is 35.3 Å². The van der Waals surface area contributed by atoms with Crippen LogP contribution in [0, 0.1) is 0 Å². The van der Waals surface area contributed by atoms with Crippen LogP contribution >= 0.6 is 0 Å². The van der Waals surface area contributed by atoms with E-state index < -0.39 is 36.0 Å². The van der Waals surface area contributed by atoms with Crippen LogP contribution in [-0.4, -0.2) is 83.5 Å². The number of benzene rings is 1. The Balaban J connectivity index is 1.87. The Morgan fingerprint density at radius 1 is 1.26 bits per heavy atom. The van der Waals surface area contributed by atoms with Crippen LogP contribution in [0.3, 0.4) is 0 Å². The second kappa shape index (κ2) is 13.0. The van der Waals surface area contributed by atoms with Crippen LogP contribution < -0.4 is 16.8 Å². The number of guanidine groups is 1. The molecule has 1 fully saturated rings. The van der Waals surface area contributed by atoms with E-state index in [0.29, 0.717) is 25.8 Å². The summed E-state index contributed by atoms with van der Waals surface area (Å²) in [4.78, 5) is 55.6. The van der Waals surface area contributed by atoms with E-state index in [2.05, 4.69) is 10.3 Å². The number of hydrogen-bond acceptors (Lipinski definition) is 6. The molecule has 2 rings (SSSR count). The minimum absolute atomic E-state index is 0.0761. The molecule has 1 aromatic carbocycles. The van der Waals surface area contributed by atoms with Gasteiger partial charge in [0.2, 0.25) is 11.8 Å². The number of amides is 3. The Kier molecular flexibility index (Phi) is 10.1. The van der Waals surface area contributed by atoms with Gasteiger partial charge in [-0.25, -0.2) is 9.59 Å². The zero-order valence-corrected chi connectivity index (χ0v) is 19.2. The maximum absolute atomic E-state index is 12.8. The van der Waals surface area contributed by atoms with Crippen LogP contribution in [0.2, 0.25) is 0 Å². The molecule has 1 aromatic rings. The molecule has 12 nitrogen and oxygen atoms in total. The number of carbonyl (C=O) groups excluding carboxylic acids is 3. The predicted molar refractivity (Wildman–Crippen MR) is 123 cm³/mol. The van der Waals surface area contributed by atoms with Crippen molar-refractivity contribution in [2.75, 3.05) is 26.7 Å². The van der Waals surface area contributed by atoms with Gasteiger partial charge >= 0.3 is 12.1 Å². The molecule has 186 valence electrons. The molecule has 2 atom stereocenters. The highest BCUT2D eigenvalue weighted by Gasteiger charge is 2.36. The third kappa shape index (κ3) is 8.26. The largest absolute Gasteiger partial charge is 0.480 e. The molecule has 0 spiro atoms. The number of nitrogens with zero attached hydrogens (tertiary/aromatic N) is 3. The van der Waals surface area contributed by atoms with Gasteiger partial charge < -0.3 is 36.4 Å². The Bertz CT molecular complexity index is 889. The molecule has 0 radical (unpaired) electrons. The fourth-order valence-electron chi connectivity index (χ4n) is 3.55. The standard InChI is InChI=1S/C22H32N6O6/c1-27(22(33)34-14-15-7-3-2-4-8-15)13-18(29)28-12-6-10-17(28)19(30)26-16(20(31)32)9-5-11-25-21(23)24/h2-4,7-8,16-17H,5-6,9-14H2,1H3,(H,26,30)(H,31,32)(H4,23,24,25). The van der Waals surface area contributed by atoms with Gasteiger partial charge in [-0.3, -0.25) is 14.6 Å². The molecule has 1 aliphatic rings. The lowest BCUT2D eigenvalue weighted by Gasteiger charge is -2.27. The summed E-state index contributed by atoms with van der Waals surface area (Å²) < 4.78 is 5.22. The van der Waals surface area contributed by atoms with Crippen LogP contribution in [0.25, 0.3) is 0 Å². The Labute approximate surface area is 197 Å². The lowest BCUT2D eigenvalue weighted by Crippen LogP contribution is -2.52. The average molecular weight is 477 g/mol. The maximum atomic E-state index is 12.8. The number of hydrogen-bond donors (Lipinski definition) is 4. The van der Waals surface area contributed by atoms with E-state index >= 15 is 0 Å². The first-order valence-electron chi connectivity index (χ1n) is 11.0. The van der Waals surface area contributed by atoms with Gasteiger partial charge in [-0.15, -0.1) is 0 Å². The van der Waals surface area contributed by atoms with Crippen molar-refractivity contribution in [2.24, 2.45) is 16.5 Å². The lowest BCUT2D eigenvalue weighted by atomic mass is 10.1. The highest BCUT2D eigenvalue weighted by Crippen LogP contribution is 2.18. The van der Waals surface area contributed by atoms with Crippen molar-refractivity contribution in [1.29, 1.82) is 0 Å². The van der Waals surface area contributed by atoms with Crippen molar-refractivity contribution in [3.8, 4) is 0 Å². The first-order chi connectivity index (χ1) is 16.2. The third-order valence-electron chi connectivity index (χ3n) is 5.32. The van der Waals surface area contributed by atoms with Gasteiger partial charge in [-0.05, 0) is 31.2 Å². The van der Waals surface area contributed by atoms with Gasteiger partial charge in [0.25, 0.3) is 0 Å². The van der Waals surface area contributed by atoms with E-state index in [-0.39, 0.29) is 32.1 Å². The molecule has 0 aliphatic carbocycles. The summed E-state index contributed by atoms with van der Waals surface area (Å²) >= 11 is 0. The highest BCUT2D eigenvalue weighted by molar-refractivity contribution is 5.92. The van der Waals surface area contributed by atoms with Crippen molar-refractivity contribution in [1.82, 2.24) is 15.1 Å². The fraction of sp³-hybridized carbons (Fsp3) is 0.500. The number of rotatable bonds is 11. The summed E-state index contributed by atoms with van der Waals surface area (Å²) in [5.41, 5.74) is 11.3. The number of carboxylic acids is 1. The second-order valence-electron chi connectivity index (χ2n) is 7.99. The number of nitrogens with one attached hydrogen (secondary N) is 1. The van der Waals surface area contributed by atoms with Gasteiger partial charge in [-0.1, -0.05) is 30.3 Å². The Hall–Kier alpha value is -3.83. The lowest BCUT2D eigenvalue weighted by molar-refractivity contribution is -0.144. The van der Waals surface area contributed by atoms with Crippen molar-refractivity contribution < 1.29 is 29.0 Å². The quantitative estimate of drug-likeness (QED) is 0.193. The SMILES string of the molecule is CN(CC(=O)N1CCCC1C(=O)NC(CCCN=C(N)N)C(=O)O)C(=O)OCc1ccccc1. The molecule has 1 aliphatic heterocycles. The predicted octanol–water partition coefficient (Wildman–Crippen LogP) is -0.131. The highest BCUT2D eigenvalue weighted by atomic mass is 16.6.